The summed E-state index contributed by atoms with van der Waals surface area (Å²) in [6.07, 6.45) is 13.7. The largest absolute Gasteiger partial charge is 0.271 e. The molecule has 1 aliphatic carbocycles. The molecule has 0 aromatic carbocycles. The minimum Gasteiger partial charge on any atom is -0.271 e. The van der Waals surface area contributed by atoms with Crippen molar-refractivity contribution in [1.29, 1.82) is 0 Å². The first-order valence-electron chi connectivity index (χ1n) is 6.88. The van der Waals surface area contributed by atoms with Crippen LogP contribution in [0.25, 0.3) is 0 Å². The summed E-state index contributed by atoms with van der Waals surface area (Å²) in [6, 6.07) is 2.21. The van der Waals surface area contributed by atoms with Crippen LogP contribution in [-0.2, 0) is 0 Å². The first-order valence-corrected chi connectivity index (χ1v) is 6.88. The topological polar surface area (TPSA) is 50.9 Å². The molecule has 3 nitrogen and oxygen atoms in total. The van der Waals surface area contributed by atoms with E-state index < -0.39 is 0 Å². The minimum absolute atomic E-state index is 0.145. The predicted octanol–water partition coefficient (Wildman–Crippen LogP) is 3.18. The number of aromatic nitrogens is 1. The second kappa shape index (κ2) is 6.66. The molecule has 3 N–H and O–H groups in total. The molecule has 1 aliphatic rings. The number of nitrogens with two attached hydrogens (primary N) is 1. The van der Waals surface area contributed by atoms with E-state index in [0.717, 1.165) is 6.42 Å². The van der Waals surface area contributed by atoms with Gasteiger partial charge in [-0.05, 0) is 49.8 Å². The van der Waals surface area contributed by atoms with Crippen LogP contribution in [0.3, 0.4) is 0 Å². The van der Waals surface area contributed by atoms with Gasteiger partial charge in [0.25, 0.3) is 0 Å². The fraction of sp³-hybridized carbons (Fsp3) is 0.533. The molecule has 0 aliphatic heterocycles. The second-order valence-electron chi connectivity index (χ2n) is 5.06. The third-order valence-corrected chi connectivity index (χ3v) is 3.74. The number of hydrogen-bond acceptors (Lipinski definition) is 3. The van der Waals surface area contributed by atoms with Crippen molar-refractivity contribution < 1.29 is 0 Å². The molecule has 1 unspecified atom stereocenters. The maximum atomic E-state index is 5.78. The molecule has 0 bridgehead atoms. The van der Waals surface area contributed by atoms with Crippen molar-refractivity contribution in [3.05, 3.63) is 41.2 Å². The molecule has 18 heavy (non-hydrogen) atoms. The Morgan fingerprint density at radius 3 is 2.89 bits per heavy atom. The van der Waals surface area contributed by atoms with Crippen LogP contribution in [0, 0.1) is 6.92 Å². The van der Waals surface area contributed by atoms with E-state index in [1.165, 1.54) is 48.8 Å². The van der Waals surface area contributed by atoms with E-state index in [9.17, 15) is 0 Å². The summed E-state index contributed by atoms with van der Waals surface area (Å²) in [5, 5.41) is 0. The van der Waals surface area contributed by atoms with E-state index in [1.807, 2.05) is 12.4 Å². The van der Waals surface area contributed by atoms with Gasteiger partial charge in [0.05, 0.1) is 6.04 Å². The average molecular weight is 245 g/mol. The molecule has 1 heterocycles. The Labute approximate surface area is 109 Å². The molecule has 0 spiro atoms. The second-order valence-corrected chi connectivity index (χ2v) is 5.06. The summed E-state index contributed by atoms with van der Waals surface area (Å²) < 4.78 is 0. The van der Waals surface area contributed by atoms with Crippen LogP contribution in [0.2, 0.25) is 0 Å². The zero-order chi connectivity index (χ0) is 12.8. The molecule has 1 aromatic rings. The van der Waals surface area contributed by atoms with Gasteiger partial charge in [-0.15, -0.1) is 0 Å². The number of aryl methyl sites for hydroxylation is 1. The molecule has 0 amide bonds. The molecule has 98 valence electrons. The van der Waals surface area contributed by atoms with Gasteiger partial charge in [0, 0.05) is 12.4 Å². The minimum atomic E-state index is 0.145. The van der Waals surface area contributed by atoms with Crippen molar-refractivity contribution in [2.24, 2.45) is 5.84 Å². The smallest absolute Gasteiger partial charge is 0.0673 e. The monoisotopic (exact) mass is 245 g/mol. The predicted molar refractivity (Wildman–Crippen MR) is 74.8 cm³/mol. The van der Waals surface area contributed by atoms with E-state index in [2.05, 4.69) is 29.5 Å². The average Bonchev–Trinajstić information content (AvgIpc) is 2.34. The van der Waals surface area contributed by atoms with Gasteiger partial charge in [0.15, 0.2) is 0 Å². The summed E-state index contributed by atoms with van der Waals surface area (Å²) >= 11 is 0. The maximum Gasteiger partial charge on any atom is 0.0673 e. The molecule has 0 radical (unpaired) electrons. The maximum absolute atomic E-state index is 5.78. The number of nitrogens with one attached hydrogen (secondary N) is 1. The van der Waals surface area contributed by atoms with Crippen LogP contribution in [0.5, 0.6) is 0 Å². The molecule has 1 aromatic heterocycles. The molecule has 0 saturated carbocycles. The SMILES string of the molecule is Cc1cnccc1C(NN)/C1=C/CCCCCC1. The highest BCUT2D eigenvalue weighted by Gasteiger charge is 2.17. The van der Waals surface area contributed by atoms with Gasteiger partial charge >= 0.3 is 0 Å². The van der Waals surface area contributed by atoms with Crippen molar-refractivity contribution in [2.75, 3.05) is 0 Å². The van der Waals surface area contributed by atoms with Gasteiger partial charge < -0.3 is 0 Å². The van der Waals surface area contributed by atoms with Crippen molar-refractivity contribution in [3.8, 4) is 0 Å². The number of nitrogens with zero attached hydrogens (tertiary/aromatic N) is 1. The number of rotatable bonds is 3. The van der Waals surface area contributed by atoms with Crippen LogP contribution >= 0.6 is 0 Å². The normalized spacial score (nSPS) is 21.6. The molecule has 1 atom stereocenters. The van der Waals surface area contributed by atoms with Gasteiger partial charge in [0.1, 0.15) is 0 Å². The van der Waals surface area contributed by atoms with Gasteiger partial charge in [0.2, 0.25) is 0 Å². The Balaban J connectivity index is 2.24. The highest BCUT2D eigenvalue weighted by molar-refractivity contribution is 5.32. The first-order chi connectivity index (χ1) is 8.83. The third-order valence-electron chi connectivity index (χ3n) is 3.74. The molecule has 0 fully saturated rings. The molecule has 0 saturated heterocycles. The van der Waals surface area contributed by atoms with E-state index in [-0.39, 0.29) is 6.04 Å². The quantitative estimate of drug-likeness (QED) is 0.488. The van der Waals surface area contributed by atoms with E-state index >= 15 is 0 Å². The van der Waals surface area contributed by atoms with Gasteiger partial charge in [-0.25, -0.2) is 5.43 Å². The molecule has 3 heteroatoms. The summed E-state index contributed by atoms with van der Waals surface area (Å²) in [5.74, 6) is 5.78. The Kier molecular flexibility index (Phi) is 4.90. The number of pyridine rings is 1. The van der Waals surface area contributed by atoms with E-state index in [4.69, 9.17) is 5.84 Å². The Morgan fingerprint density at radius 2 is 2.11 bits per heavy atom. The van der Waals surface area contributed by atoms with Crippen LogP contribution in [0.1, 0.15) is 55.7 Å². The lowest BCUT2D eigenvalue weighted by molar-refractivity contribution is 0.553. The fourth-order valence-corrected chi connectivity index (χ4v) is 2.68. The zero-order valence-electron chi connectivity index (χ0n) is 11.2. The number of hydrogen-bond donors (Lipinski definition) is 2. The summed E-state index contributed by atoms with van der Waals surface area (Å²) in [4.78, 5) is 4.15. The lowest BCUT2D eigenvalue weighted by Crippen LogP contribution is -2.30. The summed E-state index contributed by atoms with van der Waals surface area (Å²) in [5.41, 5.74) is 6.86. The van der Waals surface area contributed by atoms with Gasteiger partial charge in [-0.1, -0.05) is 24.5 Å². The van der Waals surface area contributed by atoms with Crippen molar-refractivity contribution in [3.63, 3.8) is 0 Å². The Bertz CT molecular complexity index is 412. The molecule has 2 rings (SSSR count). The van der Waals surface area contributed by atoms with E-state index in [1.54, 1.807) is 0 Å². The molecular weight excluding hydrogens is 222 g/mol. The van der Waals surface area contributed by atoms with Gasteiger partial charge in [-0.2, -0.15) is 0 Å². The van der Waals surface area contributed by atoms with E-state index in [0.29, 0.717) is 0 Å². The lowest BCUT2D eigenvalue weighted by atomic mass is 9.90. The third kappa shape index (κ3) is 3.18. The summed E-state index contributed by atoms with van der Waals surface area (Å²) in [6.45, 7) is 2.09. The first kappa shape index (κ1) is 13.2. The van der Waals surface area contributed by atoms with Crippen molar-refractivity contribution in [1.82, 2.24) is 10.4 Å². The molecular formula is C15H23N3. The van der Waals surface area contributed by atoms with Crippen LogP contribution < -0.4 is 11.3 Å². The fourth-order valence-electron chi connectivity index (χ4n) is 2.68. The Hall–Kier alpha value is -1.19. The van der Waals surface area contributed by atoms with Crippen molar-refractivity contribution >= 4 is 0 Å². The number of allylic oxidation sites excluding steroid dienone is 1. The van der Waals surface area contributed by atoms with Crippen LogP contribution in [-0.4, -0.2) is 4.98 Å². The Morgan fingerprint density at radius 1 is 1.28 bits per heavy atom. The zero-order valence-corrected chi connectivity index (χ0v) is 11.2. The standard InChI is InChI=1S/C15H23N3/c1-12-11-17-10-9-14(12)15(18-16)13-7-5-3-2-4-6-8-13/h7,9-11,15,18H,2-6,8,16H2,1H3/b13-7+. The highest BCUT2D eigenvalue weighted by atomic mass is 15.2. The van der Waals surface area contributed by atoms with Crippen molar-refractivity contribution in [2.45, 2.75) is 51.5 Å². The number of hydrazine groups is 1. The van der Waals surface area contributed by atoms with Gasteiger partial charge in [-0.3, -0.25) is 10.8 Å². The highest BCUT2D eigenvalue weighted by Crippen LogP contribution is 2.29. The van der Waals surface area contributed by atoms with Crippen LogP contribution in [0.15, 0.2) is 30.1 Å². The summed E-state index contributed by atoms with van der Waals surface area (Å²) in [7, 11) is 0. The lowest BCUT2D eigenvalue weighted by Gasteiger charge is -2.23. The van der Waals surface area contributed by atoms with Crippen LogP contribution in [0.4, 0.5) is 0 Å².